The average Bonchev–Trinajstić information content (AvgIpc) is 2.35. The van der Waals surface area contributed by atoms with Gasteiger partial charge in [-0.25, -0.2) is 8.42 Å². The predicted octanol–water partition coefficient (Wildman–Crippen LogP) is 1.14. The van der Waals surface area contributed by atoms with E-state index in [2.05, 4.69) is 10.3 Å². The molecule has 0 amide bonds. The van der Waals surface area contributed by atoms with Gasteiger partial charge in [0.15, 0.2) is 0 Å². The van der Waals surface area contributed by atoms with Crippen molar-refractivity contribution in [2.45, 2.75) is 17.9 Å². The van der Waals surface area contributed by atoms with Gasteiger partial charge in [-0.05, 0) is 24.6 Å². The van der Waals surface area contributed by atoms with Crippen LogP contribution in [0.15, 0.2) is 35.4 Å². The van der Waals surface area contributed by atoms with Crippen molar-refractivity contribution in [2.75, 3.05) is 20.1 Å². The zero-order valence-electron chi connectivity index (χ0n) is 11.5. The molecule has 106 valence electrons. The summed E-state index contributed by atoms with van der Waals surface area (Å²) < 4.78 is 26.9. The number of aryl methyl sites for hydroxylation is 1. The molecule has 6 heteroatoms. The molecule has 2 heterocycles. The number of benzene rings is 1. The molecule has 1 aromatic carbocycles. The van der Waals surface area contributed by atoms with E-state index in [1.807, 2.05) is 19.1 Å². The molecular weight excluding hydrogens is 274 g/mol. The molecule has 0 saturated carbocycles. The van der Waals surface area contributed by atoms with Crippen LogP contribution in [0.2, 0.25) is 0 Å². The summed E-state index contributed by atoms with van der Waals surface area (Å²) >= 11 is 0. The second-order valence-electron chi connectivity index (χ2n) is 5.17. The molecule has 0 unspecified atom stereocenters. The number of hydrogen-bond donors (Lipinski definition) is 1. The molecule has 1 fully saturated rings. The van der Waals surface area contributed by atoms with Gasteiger partial charge in [0.05, 0.1) is 5.52 Å². The Morgan fingerprint density at radius 1 is 1.35 bits per heavy atom. The lowest BCUT2D eigenvalue weighted by Gasteiger charge is -2.34. The second-order valence-corrected chi connectivity index (χ2v) is 7.14. The highest BCUT2D eigenvalue weighted by atomic mass is 32.2. The number of para-hydroxylation sites is 1. The van der Waals surface area contributed by atoms with Gasteiger partial charge in [0.25, 0.3) is 0 Å². The summed E-state index contributed by atoms with van der Waals surface area (Å²) in [5.74, 6) is 0. The number of nitrogens with one attached hydrogen (secondary N) is 1. The lowest BCUT2D eigenvalue weighted by molar-refractivity contribution is 0.274. The largest absolute Gasteiger partial charge is 0.313 e. The number of aromatic nitrogens is 1. The van der Waals surface area contributed by atoms with Crippen LogP contribution in [0.4, 0.5) is 0 Å². The normalized spacial score (nSPS) is 16.6. The van der Waals surface area contributed by atoms with Crippen LogP contribution >= 0.6 is 0 Å². The maximum Gasteiger partial charge on any atom is 0.245 e. The Morgan fingerprint density at radius 2 is 2.10 bits per heavy atom. The number of nitrogens with zero attached hydrogens (tertiary/aromatic N) is 2. The van der Waals surface area contributed by atoms with Gasteiger partial charge in [-0.1, -0.05) is 12.1 Å². The SMILES string of the molecule is Cc1cnc2c(S(=O)(=O)N(C)C3CNC3)cccc2c1. The van der Waals surface area contributed by atoms with E-state index >= 15 is 0 Å². The number of likely N-dealkylation sites (N-methyl/N-ethyl adjacent to an activating group) is 1. The summed E-state index contributed by atoms with van der Waals surface area (Å²) in [6, 6.07) is 7.26. The van der Waals surface area contributed by atoms with Crippen molar-refractivity contribution in [3.63, 3.8) is 0 Å². The number of hydrogen-bond acceptors (Lipinski definition) is 4. The van der Waals surface area contributed by atoms with Crippen molar-refractivity contribution in [1.29, 1.82) is 0 Å². The Balaban J connectivity index is 2.13. The molecule has 0 atom stereocenters. The molecule has 0 aliphatic carbocycles. The van der Waals surface area contributed by atoms with Gasteiger partial charge < -0.3 is 5.32 Å². The van der Waals surface area contributed by atoms with E-state index in [1.54, 1.807) is 25.4 Å². The fourth-order valence-electron chi connectivity index (χ4n) is 2.33. The van der Waals surface area contributed by atoms with Crippen molar-refractivity contribution in [3.8, 4) is 0 Å². The van der Waals surface area contributed by atoms with Crippen LogP contribution in [-0.4, -0.2) is 43.9 Å². The van der Waals surface area contributed by atoms with E-state index in [0.717, 1.165) is 10.9 Å². The Hall–Kier alpha value is -1.50. The maximum atomic E-state index is 12.7. The highest BCUT2D eigenvalue weighted by Crippen LogP contribution is 2.25. The minimum absolute atomic E-state index is 0.0284. The molecule has 0 bridgehead atoms. The second kappa shape index (κ2) is 4.80. The summed E-state index contributed by atoms with van der Waals surface area (Å²) in [6.07, 6.45) is 1.70. The van der Waals surface area contributed by atoms with Crippen LogP contribution in [-0.2, 0) is 10.0 Å². The first-order valence-corrected chi connectivity index (χ1v) is 7.98. The highest BCUT2D eigenvalue weighted by Gasteiger charge is 2.32. The highest BCUT2D eigenvalue weighted by molar-refractivity contribution is 7.89. The molecule has 2 aromatic rings. The van der Waals surface area contributed by atoms with Gasteiger partial charge >= 0.3 is 0 Å². The molecule has 0 spiro atoms. The van der Waals surface area contributed by atoms with E-state index in [1.165, 1.54) is 4.31 Å². The maximum absolute atomic E-state index is 12.7. The first-order valence-electron chi connectivity index (χ1n) is 6.54. The van der Waals surface area contributed by atoms with E-state index < -0.39 is 10.0 Å². The molecule has 20 heavy (non-hydrogen) atoms. The van der Waals surface area contributed by atoms with Crippen molar-refractivity contribution < 1.29 is 8.42 Å². The minimum Gasteiger partial charge on any atom is -0.313 e. The van der Waals surface area contributed by atoms with Crippen molar-refractivity contribution >= 4 is 20.9 Å². The fourth-order valence-corrected chi connectivity index (χ4v) is 3.85. The molecule has 3 rings (SSSR count). The molecule has 1 N–H and O–H groups in total. The first-order chi connectivity index (χ1) is 9.50. The Morgan fingerprint density at radius 3 is 2.75 bits per heavy atom. The molecule has 1 aromatic heterocycles. The van der Waals surface area contributed by atoms with Gasteiger partial charge in [0, 0.05) is 37.8 Å². The fraction of sp³-hybridized carbons (Fsp3) is 0.357. The van der Waals surface area contributed by atoms with Crippen LogP contribution < -0.4 is 5.32 Å². The summed E-state index contributed by atoms with van der Waals surface area (Å²) in [5, 5.41) is 3.94. The lowest BCUT2D eigenvalue weighted by Crippen LogP contribution is -2.57. The summed E-state index contributed by atoms with van der Waals surface area (Å²) in [4.78, 5) is 4.59. The molecule has 1 saturated heterocycles. The Labute approximate surface area is 118 Å². The third-order valence-electron chi connectivity index (χ3n) is 3.74. The average molecular weight is 291 g/mol. The molecule has 5 nitrogen and oxygen atoms in total. The van der Waals surface area contributed by atoms with Gasteiger partial charge in [-0.2, -0.15) is 4.31 Å². The monoisotopic (exact) mass is 291 g/mol. The third-order valence-corrected chi connectivity index (χ3v) is 5.68. The van der Waals surface area contributed by atoms with E-state index in [4.69, 9.17) is 0 Å². The Kier molecular flexibility index (Phi) is 3.24. The standard InChI is InChI=1S/C14H17N3O2S/c1-10-6-11-4-3-5-13(14(11)16-7-10)20(18,19)17(2)12-8-15-9-12/h3-7,12,15H,8-9H2,1-2H3. The van der Waals surface area contributed by atoms with Crippen molar-refractivity contribution in [2.24, 2.45) is 0 Å². The first kappa shape index (κ1) is 13.5. The minimum atomic E-state index is -3.51. The van der Waals surface area contributed by atoms with Crippen LogP contribution in [0.25, 0.3) is 10.9 Å². The molecule has 0 radical (unpaired) electrons. The van der Waals surface area contributed by atoms with Crippen molar-refractivity contribution in [1.82, 2.24) is 14.6 Å². The van der Waals surface area contributed by atoms with Gasteiger partial charge in [0.1, 0.15) is 4.90 Å². The summed E-state index contributed by atoms with van der Waals surface area (Å²) in [5.41, 5.74) is 1.56. The smallest absolute Gasteiger partial charge is 0.245 e. The molecule has 1 aliphatic rings. The number of fused-ring (bicyclic) bond motifs is 1. The predicted molar refractivity (Wildman–Crippen MR) is 78.1 cm³/mol. The molecular formula is C14H17N3O2S. The van der Waals surface area contributed by atoms with Crippen LogP contribution in [0.5, 0.6) is 0 Å². The zero-order valence-corrected chi connectivity index (χ0v) is 12.3. The van der Waals surface area contributed by atoms with Crippen LogP contribution in [0.3, 0.4) is 0 Å². The number of pyridine rings is 1. The third kappa shape index (κ3) is 2.09. The van der Waals surface area contributed by atoms with E-state index in [9.17, 15) is 8.42 Å². The van der Waals surface area contributed by atoms with Crippen LogP contribution in [0.1, 0.15) is 5.56 Å². The van der Waals surface area contributed by atoms with Gasteiger partial charge in [0.2, 0.25) is 10.0 Å². The van der Waals surface area contributed by atoms with Crippen molar-refractivity contribution in [3.05, 3.63) is 36.0 Å². The van der Waals surface area contributed by atoms with E-state index in [-0.39, 0.29) is 10.9 Å². The quantitative estimate of drug-likeness (QED) is 0.921. The topological polar surface area (TPSA) is 62.3 Å². The van der Waals surface area contributed by atoms with Gasteiger partial charge in [-0.15, -0.1) is 0 Å². The van der Waals surface area contributed by atoms with E-state index in [0.29, 0.717) is 18.6 Å². The zero-order chi connectivity index (χ0) is 14.3. The summed E-state index contributed by atoms with van der Waals surface area (Å²) in [7, 11) is -1.87. The lowest BCUT2D eigenvalue weighted by atomic mass is 10.2. The Bertz CT molecular complexity index is 754. The van der Waals surface area contributed by atoms with Crippen LogP contribution in [0, 0.1) is 6.92 Å². The summed E-state index contributed by atoms with van der Waals surface area (Å²) in [6.45, 7) is 3.35. The number of sulfonamides is 1. The number of rotatable bonds is 3. The van der Waals surface area contributed by atoms with Gasteiger partial charge in [-0.3, -0.25) is 4.98 Å². The molecule has 1 aliphatic heterocycles.